The van der Waals surface area contributed by atoms with Crippen molar-refractivity contribution >= 4 is 22.5 Å². The average molecular weight is 350 g/mol. The van der Waals surface area contributed by atoms with E-state index in [0.717, 1.165) is 33.5 Å². The van der Waals surface area contributed by atoms with E-state index in [1.165, 1.54) is 0 Å². The molecule has 0 aliphatic carbocycles. The first-order valence-electron chi connectivity index (χ1n) is 7.95. The number of fused-ring (bicyclic) bond motifs is 1. The molecule has 0 aliphatic rings. The molecule has 0 saturated carbocycles. The van der Waals surface area contributed by atoms with E-state index in [0.29, 0.717) is 6.61 Å². The highest BCUT2D eigenvalue weighted by molar-refractivity contribution is 6.28. The summed E-state index contributed by atoms with van der Waals surface area (Å²) in [7, 11) is 2.01. The van der Waals surface area contributed by atoms with Crippen LogP contribution >= 0.6 is 11.6 Å². The molecule has 2 aromatic carbocycles. The lowest BCUT2D eigenvalue weighted by Crippen LogP contribution is -1.95. The third-order valence-electron chi connectivity index (χ3n) is 4.11. The third-order valence-corrected chi connectivity index (χ3v) is 4.29. The van der Waals surface area contributed by atoms with Gasteiger partial charge >= 0.3 is 0 Å². The van der Waals surface area contributed by atoms with Crippen LogP contribution in [-0.4, -0.2) is 14.5 Å². The number of hydrogen-bond donors (Lipinski definition) is 0. The Morgan fingerprint density at radius 2 is 1.92 bits per heavy atom. The summed E-state index contributed by atoms with van der Waals surface area (Å²) in [6.45, 7) is 0.536. The van der Waals surface area contributed by atoms with Crippen LogP contribution in [0.4, 0.5) is 0 Å². The summed E-state index contributed by atoms with van der Waals surface area (Å²) < 4.78 is 8.03. The highest BCUT2D eigenvalue weighted by Crippen LogP contribution is 2.32. The average Bonchev–Trinajstić information content (AvgIpc) is 2.97. The first-order chi connectivity index (χ1) is 12.2. The van der Waals surface area contributed by atoms with Gasteiger partial charge in [0.05, 0.1) is 5.69 Å². The maximum absolute atomic E-state index is 5.96. The van der Waals surface area contributed by atoms with Crippen LogP contribution in [0.25, 0.3) is 22.2 Å². The van der Waals surface area contributed by atoms with Gasteiger partial charge in [0.25, 0.3) is 0 Å². The van der Waals surface area contributed by atoms with Gasteiger partial charge in [0.1, 0.15) is 12.4 Å². The fourth-order valence-corrected chi connectivity index (χ4v) is 3.04. The van der Waals surface area contributed by atoms with Gasteiger partial charge in [0, 0.05) is 35.9 Å². The Morgan fingerprint density at radius 3 is 2.72 bits per heavy atom. The zero-order chi connectivity index (χ0) is 17.2. The van der Waals surface area contributed by atoms with E-state index in [9.17, 15) is 0 Å². The van der Waals surface area contributed by atoms with Crippen LogP contribution in [0.5, 0.6) is 5.75 Å². The molecular weight excluding hydrogens is 334 g/mol. The van der Waals surface area contributed by atoms with E-state index in [2.05, 4.69) is 32.7 Å². The van der Waals surface area contributed by atoms with E-state index in [1.54, 1.807) is 6.20 Å². The van der Waals surface area contributed by atoms with E-state index in [4.69, 9.17) is 16.3 Å². The highest BCUT2D eigenvalue weighted by atomic mass is 35.5. The van der Waals surface area contributed by atoms with Crippen molar-refractivity contribution in [3.8, 4) is 17.0 Å². The molecular formula is C20H16ClN3O. The molecule has 4 nitrogen and oxygen atoms in total. The predicted molar refractivity (Wildman–Crippen MR) is 99.7 cm³/mol. The number of hydrogen-bond acceptors (Lipinski definition) is 3. The monoisotopic (exact) mass is 349 g/mol. The summed E-state index contributed by atoms with van der Waals surface area (Å²) in [4.78, 5) is 8.29. The van der Waals surface area contributed by atoms with Gasteiger partial charge in [0.2, 0.25) is 5.28 Å². The van der Waals surface area contributed by atoms with Crippen LogP contribution < -0.4 is 4.74 Å². The minimum Gasteiger partial charge on any atom is -0.489 e. The number of ether oxygens (including phenoxy) is 1. The number of aromatic nitrogens is 3. The molecule has 5 heteroatoms. The van der Waals surface area contributed by atoms with Crippen molar-refractivity contribution < 1.29 is 4.74 Å². The molecule has 0 N–H and O–H groups in total. The van der Waals surface area contributed by atoms with Gasteiger partial charge in [-0.1, -0.05) is 30.3 Å². The Bertz CT molecular complexity index is 1030. The summed E-state index contributed by atoms with van der Waals surface area (Å²) in [5.74, 6) is 0.823. The lowest BCUT2D eigenvalue weighted by Gasteiger charge is -2.07. The molecule has 0 bridgehead atoms. The van der Waals surface area contributed by atoms with Crippen LogP contribution in [0, 0.1) is 0 Å². The van der Waals surface area contributed by atoms with Gasteiger partial charge in [-0.15, -0.1) is 0 Å². The van der Waals surface area contributed by atoms with Crippen molar-refractivity contribution in [2.24, 2.45) is 7.05 Å². The Morgan fingerprint density at radius 1 is 1.08 bits per heavy atom. The second-order valence-corrected chi connectivity index (χ2v) is 6.16. The molecule has 2 heterocycles. The van der Waals surface area contributed by atoms with Crippen LogP contribution in [0.15, 0.2) is 67.0 Å². The van der Waals surface area contributed by atoms with Gasteiger partial charge < -0.3 is 9.30 Å². The van der Waals surface area contributed by atoms with E-state index < -0.39 is 0 Å². The minimum absolute atomic E-state index is 0.242. The van der Waals surface area contributed by atoms with Crippen molar-refractivity contribution in [2.75, 3.05) is 0 Å². The minimum atomic E-state index is 0.242. The maximum Gasteiger partial charge on any atom is 0.222 e. The molecule has 0 spiro atoms. The Kier molecular flexibility index (Phi) is 4.12. The normalized spacial score (nSPS) is 11.0. The molecule has 0 saturated heterocycles. The number of nitrogens with zero attached hydrogens (tertiary/aromatic N) is 3. The lowest BCUT2D eigenvalue weighted by molar-refractivity contribution is 0.306. The van der Waals surface area contributed by atoms with Gasteiger partial charge in [-0.05, 0) is 41.4 Å². The quantitative estimate of drug-likeness (QED) is 0.493. The van der Waals surface area contributed by atoms with Crippen molar-refractivity contribution in [2.45, 2.75) is 6.61 Å². The Hall–Kier alpha value is -2.85. The number of aryl methyl sites for hydroxylation is 1. The summed E-state index contributed by atoms with van der Waals surface area (Å²) in [6.07, 6.45) is 3.71. The van der Waals surface area contributed by atoms with Gasteiger partial charge in [-0.3, -0.25) is 0 Å². The van der Waals surface area contributed by atoms with Crippen LogP contribution in [0.1, 0.15) is 5.56 Å². The van der Waals surface area contributed by atoms with Crippen molar-refractivity contribution in [1.82, 2.24) is 14.5 Å². The van der Waals surface area contributed by atoms with E-state index in [-0.39, 0.29) is 5.28 Å². The Balaban J connectivity index is 1.70. The SMILES string of the molecule is Cn1cc(-c2ccnc(Cl)n2)c2cc(OCc3ccccc3)ccc21. The lowest BCUT2D eigenvalue weighted by atomic mass is 10.1. The fourth-order valence-electron chi connectivity index (χ4n) is 2.89. The largest absolute Gasteiger partial charge is 0.489 e. The topological polar surface area (TPSA) is 39.9 Å². The first-order valence-corrected chi connectivity index (χ1v) is 8.33. The molecule has 4 rings (SSSR count). The third kappa shape index (κ3) is 3.21. The fraction of sp³-hybridized carbons (Fsp3) is 0.100. The molecule has 2 aromatic heterocycles. The molecule has 124 valence electrons. The molecule has 0 fully saturated rings. The van der Waals surface area contributed by atoms with E-state index >= 15 is 0 Å². The standard InChI is InChI=1S/C20H16ClN3O/c1-24-12-17(18-9-10-22-20(21)23-18)16-11-15(7-8-19(16)24)25-13-14-5-3-2-4-6-14/h2-12H,13H2,1H3. The van der Waals surface area contributed by atoms with Crippen LogP contribution in [0.3, 0.4) is 0 Å². The number of rotatable bonds is 4. The highest BCUT2D eigenvalue weighted by Gasteiger charge is 2.11. The Labute approximate surface area is 150 Å². The second kappa shape index (κ2) is 6.57. The van der Waals surface area contributed by atoms with Crippen LogP contribution in [-0.2, 0) is 13.7 Å². The summed E-state index contributed by atoms with van der Waals surface area (Å²) in [6, 6.07) is 18.1. The molecule has 0 amide bonds. The zero-order valence-corrected chi connectivity index (χ0v) is 14.4. The van der Waals surface area contributed by atoms with Gasteiger partial charge in [-0.25, -0.2) is 9.97 Å². The molecule has 4 aromatic rings. The molecule has 0 radical (unpaired) electrons. The van der Waals surface area contributed by atoms with E-state index in [1.807, 2.05) is 49.6 Å². The van der Waals surface area contributed by atoms with Crippen molar-refractivity contribution in [3.63, 3.8) is 0 Å². The maximum atomic E-state index is 5.96. The van der Waals surface area contributed by atoms with Gasteiger partial charge in [0.15, 0.2) is 0 Å². The van der Waals surface area contributed by atoms with Crippen molar-refractivity contribution in [3.05, 3.63) is 77.8 Å². The zero-order valence-electron chi connectivity index (χ0n) is 13.7. The van der Waals surface area contributed by atoms with Gasteiger partial charge in [-0.2, -0.15) is 0 Å². The summed E-state index contributed by atoms with van der Waals surface area (Å²) in [5.41, 5.74) is 4.05. The second-order valence-electron chi connectivity index (χ2n) is 5.82. The summed E-state index contributed by atoms with van der Waals surface area (Å²) >= 11 is 5.95. The molecule has 25 heavy (non-hydrogen) atoms. The smallest absolute Gasteiger partial charge is 0.222 e. The summed E-state index contributed by atoms with van der Waals surface area (Å²) in [5, 5.41) is 1.31. The molecule has 0 unspecified atom stereocenters. The van der Waals surface area contributed by atoms with Crippen LogP contribution in [0.2, 0.25) is 5.28 Å². The van der Waals surface area contributed by atoms with Crippen molar-refractivity contribution in [1.29, 1.82) is 0 Å². The molecule has 0 atom stereocenters. The number of benzene rings is 2. The number of halogens is 1. The predicted octanol–water partition coefficient (Wildman–Crippen LogP) is 4.87. The molecule has 0 aliphatic heterocycles. The first kappa shape index (κ1) is 15.7.